The number of benzene rings is 1. The predicted octanol–water partition coefficient (Wildman–Crippen LogP) is 2.09. The van der Waals surface area contributed by atoms with E-state index < -0.39 is 34.7 Å². The highest BCUT2D eigenvalue weighted by molar-refractivity contribution is 6.00. The van der Waals surface area contributed by atoms with Gasteiger partial charge in [0.1, 0.15) is 0 Å². The first-order valence-corrected chi connectivity index (χ1v) is 6.97. The van der Waals surface area contributed by atoms with Crippen molar-refractivity contribution in [3.63, 3.8) is 0 Å². The molecule has 0 aliphatic heterocycles. The van der Waals surface area contributed by atoms with Gasteiger partial charge in [0.05, 0.1) is 12.5 Å². The fourth-order valence-electron chi connectivity index (χ4n) is 2.56. The zero-order valence-electron chi connectivity index (χ0n) is 12.5. The van der Waals surface area contributed by atoms with Crippen molar-refractivity contribution in [2.24, 2.45) is 5.41 Å². The van der Waals surface area contributed by atoms with Crippen LogP contribution in [0.3, 0.4) is 0 Å². The number of esters is 1. The fourth-order valence-corrected chi connectivity index (χ4v) is 2.56. The lowest BCUT2D eigenvalue weighted by atomic mass is 9.70. The van der Waals surface area contributed by atoms with Crippen LogP contribution in [0.5, 0.6) is 0 Å². The largest absolute Gasteiger partial charge is 0.480 e. The Kier molecular flexibility index (Phi) is 6.03. The number of carboxylic acids is 1. The van der Waals surface area contributed by atoms with Gasteiger partial charge in [0.15, 0.2) is 5.41 Å². The maximum absolute atomic E-state index is 12.3. The summed E-state index contributed by atoms with van der Waals surface area (Å²) in [5, 5.41) is 20.7. The van der Waals surface area contributed by atoms with Crippen LogP contribution in [-0.4, -0.2) is 35.1 Å². The van der Waals surface area contributed by atoms with E-state index in [0.717, 1.165) is 0 Å². The van der Waals surface area contributed by atoms with Crippen LogP contribution in [0.25, 0.3) is 0 Å². The van der Waals surface area contributed by atoms with Crippen molar-refractivity contribution in [2.45, 2.75) is 26.2 Å². The van der Waals surface area contributed by atoms with Crippen molar-refractivity contribution in [1.29, 1.82) is 0 Å². The fraction of sp³-hybridized carbons (Fsp3) is 0.467. The van der Waals surface area contributed by atoms with Gasteiger partial charge >= 0.3 is 11.9 Å². The van der Waals surface area contributed by atoms with E-state index in [1.807, 2.05) is 0 Å². The van der Waals surface area contributed by atoms with Gasteiger partial charge in [-0.3, -0.25) is 19.7 Å². The zero-order valence-corrected chi connectivity index (χ0v) is 12.5. The third-order valence-corrected chi connectivity index (χ3v) is 3.71. The van der Waals surface area contributed by atoms with Crippen LogP contribution >= 0.6 is 0 Å². The van der Waals surface area contributed by atoms with Gasteiger partial charge in [-0.1, -0.05) is 37.3 Å². The third-order valence-electron chi connectivity index (χ3n) is 3.71. The second kappa shape index (κ2) is 7.53. The highest BCUT2D eigenvalue weighted by atomic mass is 16.6. The summed E-state index contributed by atoms with van der Waals surface area (Å²) in [4.78, 5) is 34.6. The average molecular weight is 309 g/mol. The van der Waals surface area contributed by atoms with E-state index >= 15 is 0 Å². The molecule has 1 aromatic rings. The van der Waals surface area contributed by atoms with E-state index in [1.54, 1.807) is 37.3 Å². The first-order valence-electron chi connectivity index (χ1n) is 6.97. The van der Waals surface area contributed by atoms with E-state index in [0.29, 0.717) is 5.56 Å². The van der Waals surface area contributed by atoms with Crippen LogP contribution in [0.2, 0.25) is 0 Å². The van der Waals surface area contributed by atoms with Gasteiger partial charge < -0.3 is 9.84 Å². The monoisotopic (exact) mass is 309 g/mol. The summed E-state index contributed by atoms with van der Waals surface area (Å²) < 4.78 is 4.90. The van der Waals surface area contributed by atoms with E-state index in [-0.39, 0.29) is 13.0 Å². The summed E-state index contributed by atoms with van der Waals surface area (Å²) in [6.07, 6.45) is -0.103. The van der Waals surface area contributed by atoms with E-state index in [1.165, 1.54) is 6.92 Å². The lowest BCUT2D eigenvalue weighted by Gasteiger charge is -2.32. The maximum Gasteiger partial charge on any atom is 0.324 e. The summed E-state index contributed by atoms with van der Waals surface area (Å²) >= 11 is 0. The predicted molar refractivity (Wildman–Crippen MR) is 78.0 cm³/mol. The van der Waals surface area contributed by atoms with Gasteiger partial charge in [0, 0.05) is 4.92 Å². The Morgan fingerprint density at radius 3 is 2.32 bits per heavy atom. The van der Waals surface area contributed by atoms with Gasteiger partial charge in [-0.15, -0.1) is 0 Å². The SMILES string of the molecule is CCOC(=O)[C@@](CC)(C(=O)O)C(C[N+](=O)[O-])c1ccccc1. The Hall–Kier alpha value is -2.44. The molecule has 1 rings (SSSR count). The number of nitro groups is 1. The Bertz CT molecular complexity index is 544. The molecule has 7 nitrogen and oxygen atoms in total. The topological polar surface area (TPSA) is 107 Å². The van der Waals surface area contributed by atoms with Gasteiger partial charge in [0.2, 0.25) is 6.54 Å². The smallest absolute Gasteiger partial charge is 0.324 e. The maximum atomic E-state index is 12.3. The average Bonchev–Trinajstić information content (AvgIpc) is 2.48. The van der Waals surface area contributed by atoms with Crippen LogP contribution in [0.1, 0.15) is 31.7 Å². The summed E-state index contributed by atoms with van der Waals surface area (Å²) in [7, 11) is 0. The van der Waals surface area contributed by atoms with Crippen molar-refractivity contribution in [3.8, 4) is 0 Å². The van der Waals surface area contributed by atoms with E-state index in [9.17, 15) is 24.8 Å². The molecule has 0 aliphatic carbocycles. The Balaban J connectivity index is 3.45. The second-order valence-corrected chi connectivity index (χ2v) is 4.83. The van der Waals surface area contributed by atoms with Gasteiger partial charge in [-0.05, 0) is 18.9 Å². The molecule has 0 radical (unpaired) electrons. The van der Waals surface area contributed by atoms with Crippen molar-refractivity contribution >= 4 is 11.9 Å². The molecular weight excluding hydrogens is 290 g/mol. The molecule has 1 aromatic carbocycles. The van der Waals surface area contributed by atoms with E-state index in [4.69, 9.17) is 4.74 Å². The van der Waals surface area contributed by atoms with Crippen LogP contribution in [-0.2, 0) is 14.3 Å². The number of aliphatic carboxylic acids is 1. The number of carboxylic acid groups (broad SMARTS) is 1. The standard InChI is InChI=1S/C15H19NO6/c1-3-15(13(17)18,14(19)22-4-2)12(10-16(20)21)11-8-6-5-7-9-11/h5-9,12H,3-4,10H2,1-2H3,(H,17,18)/t12?,15-/m1/s1. The summed E-state index contributed by atoms with van der Waals surface area (Å²) in [5.74, 6) is -3.46. The van der Waals surface area contributed by atoms with Crippen molar-refractivity contribution in [3.05, 3.63) is 46.0 Å². The summed E-state index contributed by atoms with van der Waals surface area (Å²) in [6.45, 7) is 2.42. The van der Waals surface area contributed by atoms with E-state index in [2.05, 4.69) is 0 Å². The lowest BCUT2D eigenvalue weighted by molar-refractivity contribution is -0.485. The number of nitrogens with zero attached hydrogens (tertiary/aromatic N) is 1. The number of hydrogen-bond acceptors (Lipinski definition) is 5. The van der Waals surface area contributed by atoms with Crippen LogP contribution in [0.4, 0.5) is 0 Å². The molecule has 0 heterocycles. The van der Waals surface area contributed by atoms with Gasteiger partial charge in [0.25, 0.3) is 0 Å². The zero-order chi connectivity index (χ0) is 16.8. The Morgan fingerprint density at radius 1 is 1.32 bits per heavy atom. The minimum absolute atomic E-state index is 0.00778. The lowest BCUT2D eigenvalue weighted by Crippen LogP contribution is -2.47. The molecule has 2 atom stereocenters. The van der Waals surface area contributed by atoms with Crippen LogP contribution < -0.4 is 0 Å². The van der Waals surface area contributed by atoms with Crippen LogP contribution in [0.15, 0.2) is 30.3 Å². The molecule has 0 saturated carbocycles. The number of rotatable bonds is 8. The molecule has 0 amide bonds. The molecule has 0 aromatic heterocycles. The molecule has 0 bridgehead atoms. The van der Waals surface area contributed by atoms with Gasteiger partial charge in [-0.25, -0.2) is 0 Å². The molecule has 0 fully saturated rings. The minimum atomic E-state index is -1.98. The summed E-state index contributed by atoms with van der Waals surface area (Å²) in [5.41, 5.74) is -1.55. The first-order chi connectivity index (χ1) is 10.4. The minimum Gasteiger partial charge on any atom is -0.480 e. The van der Waals surface area contributed by atoms with Crippen molar-refractivity contribution < 1.29 is 24.4 Å². The molecule has 0 spiro atoms. The molecular formula is C15H19NO6. The normalized spacial score (nSPS) is 14.6. The quantitative estimate of drug-likeness (QED) is 0.341. The Labute approximate surface area is 128 Å². The molecule has 0 saturated heterocycles. The molecule has 7 heteroatoms. The third kappa shape index (κ3) is 3.41. The van der Waals surface area contributed by atoms with Crippen molar-refractivity contribution in [2.75, 3.05) is 13.2 Å². The molecule has 22 heavy (non-hydrogen) atoms. The number of ether oxygens (including phenoxy) is 1. The number of hydrogen-bond donors (Lipinski definition) is 1. The number of carbonyl (C=O) groups is 2. The molecule has 1 N–H and O–H groups in total. The number of carbonyl (C=O) groups excluding carboxylic acids is 1. The summed E-state index contributed by atoms with van der Waals surface area (Å²) in [6, 6.07) is 8.18. The Morgan fingerprint density at radius 2 is 1.91 bits per heavy atom. The van der Waals surface area contributed by atoms with Crippen molar-refractivity contribution in [1.82, 2.24) is 0 Å². The molecule has 0 aliphatic rings. The second-order valence-electron chi connectivity index (χ2n) is 4.83. The highest BCUT2D eigenvalue weighted by Crippen LogP contribution is 2.41. The van der Waals surface area contributed by atoms with Gasteiger partial charge in [-0.2, -0.15) is 0 Å². The molecule has 120 valence electrons. The molecule has 1 unspecified atom stereocenters. The first kappa shape index (κ1) is 17.6. The van der Waals surface area contributed by atoms with Crippen LogP contribution in [0, 0.1) is 15.5 Å². The highest BCUT2D eigenvalue weighted by Gasteiger charge is 2.55.